The standard InChI is InChI=1S/C29H41ClN4O2/c1-19(2)14-20-15-21(17-29(5,16-20)27(36)34-24-10-12-32-13-11-24)25(31)18-33-26(35)28(3,4)22-6-8-23(30)9-7-22/h6-13,19-21,25H,14-18,31H2,1-5H3,(H,33,35)(H,32,34,36). The number of hydrogen-bond acceptors (Lipinski definition) is 4. The summed E-state index contributed by atoms with van der Waals surface area (Å²) in [7, 11) is 0. The molecule has 1 aromatic heterocycles. The third-order valence-electron chi connectivity index (χ3n) is 7.62. The predicted octanol–water partition coefficient (Wildman–Crippen LogP) is 5.56. The van der Waals surface area contributed by atoms with Gasteiger partial charge in [0.2, 0.25) is 11.8 Å². The van der Waals surface area contributed by atoms with Crippen LogP contribution < -0.4 is 16.4 Å². The second-order valence-electron chi connectivity index (χ2n) is 11.7. The van der Waals surface area contributed by atoms with Gasteiger partial charge < -0.3 is 16.4 Å². The Balaban J connectivity index is 1.69. The van der Waals surface area contributed by atoms with Gasteiger partial charge in [-0.05, 0) is 87.1 Å². The first-order chi connectivity index (χ1) is 16.9. The SMILES string of the molecule is CC(C)CC1CC(C(N)CNC(=O)C(C)(C)c2ccc(Cl)cc2)CC(C)(C(=O)Nc2ccncc2)C1. The lowest BCUT2D eigenvalue weighted by Crippen LogP contribution is -2.51. The number of anilines is 1. The molecular formula is C29H41ClN4O2. The van der Waals surface area contributed by atoms with Crippen LogP contribution in [0.4, 0.5) is 5.69 Å². The predicted molar refractivity (Wildman–Crippen MR) is 147 cm³/mol. The minimum atomic E-state index is -0.712. The molecule has 0 radical (unpaired) electrons. The minimum absolute atomic E-state index is 0.0206. The van der Waals surface area contributed by atoms with Crippen molar-refractivity contribution in [3.63, 3.8) is 0 Å². The van der Waals surface area contributed by atoms with Gasteiger partial charge in [0.25, 0.3) is 0 Å². The summed E-state index contributed by atoms with van der Waals surface area (Å²) in [6.07, 6.45) is 6.89. The van der Waals surface area contributed by atoms with Crippen molar-refractivity contribution in [3.05, 3.63) is 59.4 Å². The van der Waals surface area contributed by atoms with Crippen LogP contribution in [0.1, 0.15) is 65.9 Å². The Morgan fingerprint density at radius 2 is 1.78 bits per heavy atom. The second-order valence-corrected chi connectivity index (χ2v) is 12.1. The summed E-state index contributed by atoms with van der Waals surface area (Å²) in [6, 6.07) is 10.7. The van der Waals surface area contributed by atoms with Gasteiger partial charge in [0, 0.05) is 41.1 Å². The number of nitrogens with two attached hydrogens (primary N) is 1. The van der Waals surface area contributed by atoms with E-state index < -0.39 is 10.8 Å². The van der Waals surface area contributed by atoms with Gasteiger partial charge in [0.15, 0.2) is 0 Å². The molecule has 6 nitrogen and oxygen atoms in total. The Bertz CT molecular complexity index is 1030. The van der Waals surface area contributed by atoms with Crippen molar-refractivity contribution < 1.29 is 9.59 Å². The zero-order valence-electron chi connectivity index (χ0n) is 22.2. The lowest BCUT2D eigenvalue weighted by Gasteiger charge is -2.44. The van der Waals surface area contributed by atoms with E-state index >= 15 is 0 Å². The van der Waals surface area contributed by atoms with E-state index in [1.165, 1.54) is 0 Å². The van der Waals surface area contributed by atoms with Crippen molar-refractivity contribution in [2.24, 2.45) is 28.9 Å². The lowest BCUT2D eigenvalue weighted by molar-refractivity contribution is -0.129. The molecule has 4 unspecified atom stereocenters. The number of nitrogens with zero attached hydrogens (tertiary/aromatic N) is 1. The van der Waals surface area contributed by atoms with Gasteiger partial charge in [-0.25, -0.2) is 0 Å². The minimum Gasteiger partial charge on any atom is -0.354 e. The Morgan fingerprint density at radius 1 is 1.14 bits per heavy atom. The molecule has 0 bridgehead atoms. The van der Waals surface area contributed by atoms with Gasteiger partial charge in [0.1, 0.15) is 0 Å². The van der Waals surface area contributed by atoms with Gasteiger partial charge >= 0.3 is 0 Å². The van der Waals surface area contributed by atoms with Crippen molar-refractivity contribution in [2.75, 3.05) is 11.9 Å². The van der Waals surface area contributed by atoms with Crippen molar-refractivity contribution in [2.45, 2.75) is 71.8 Å². The van der Waals surface area contributed by atoms with E-state index in [1.54, 1.807) is 36.7 Å². The molecule has 1 aliphatic rings. The lowest BCUT2D eigenvalue weighted by atomic mass is 9.63. The Kier molecular flexibility index (Phi) is 9.18. The first-order valence-electron chi connectivity index (χ1n) is 12.9. The number of amides is 2. The Morgan fingerprint density at radius 3 is 2.39 bits per heavy atom. The number of pyridine rings is 1. The summed E-state index contributed by atoms with van der Waals surface area (Å²) in [5, 5.41) is 6.80. The molecule has 1 fully saturated rings. The zero-order valence-corrected chi connectivity index (χ0v) is 22.9. The van der Waals surface area contributed by atoms with Crippen LogP contribution in [0.5, 0.6) is 0 Å². The van der Waals surface area contributed by atoms with E-state index in [0.29, 0.717) is 29.8 Å². The molecule has 2 aromatic rings. The molecule has 1 saturated carbocycles. The topological polar surface area (TPSA) is 97.1 Å². The van der Waals surface area contributed by atoms with Crippen LogP contribution in [0.25, 0.3) is 0 Å². The normalized spacial score (nSPS) is 23.2. The van der Waals surface area contributed by atoms with Gasteiger partial charge in [-0.1, -0.05) is 44.5 Å². The fourth-order valence-electron chi connectivity index (χ4n) is 5.56. The molecule has 36 heavy (non-hydrogen) atoms. The van der Waals surface area contributed by atoms with E-state index in [-0.39, 0.29) is 23.8 Å². The first-order valence-corrected chi connectivity index (χ1v) is 13.3. The van der Waals surface area contributed by atoms with Gasteiger partial charge in [-0.3, -0.25) is 14.6 Å². The number of rotatable bonds is 9. The summed E-state index contributed by atoms with van der Waals surface area (Å²) in [4.78, 5) is 30.6. The summed E-state index contributed by atoms with van der Waals surface area (Å²) in [5.74, 6) is 1.02. The highest BCUT2D eigenvalue weighted by Gasteiger charge is 2.44. The second kappa shape index (κ2) is 11.7. The molecule has 3 rings (SSSR count). The third-order valence-corrected chi connectivity index (χ3v) is 7.87. The largest absolute Gasteiger partial charge is 0.354 e. The maximum absolute atomic E-state index is 13.4. The molecular weight excluding hydrogens is 472 g/mol. The Labute approximate surface area is 220 Å². The highest BCUT2D eigenvalue weighted by Crippen LogP contribution is 2.46. The number of halogens is 1. The van der Waals surface area contributed by atoms with Crippen LogP contribution in [0.2, 0.25) is 5.02 Å². The average molecular weight is 513 g/mol. The van der Waals surface area contributed by atoms with Crippen LogP contribution in [0.15, 0.2) is 48.8 Å². The number of benzene rings is 1. The molecule has 4 atom stereocenters. The highest BCUT2D eigenvalue weighted by atomic mass is 35.5. The molecule has 0 spiro atoms. The molecule has 0 aliphatic heterocycles. The molecule has 1 heterocycles. The van der Waals surface area contributed by atoms with Crippen LogP contribution in [-0.2, 0) is 15.0 Å². The molecule has 0 saturated heterocycles. The third kappa shape index (κ3) is 7.07. The number of aromatic nitrogens is 1. The number of carbonyl (C=O) groups is 2. The number of carbonyl (C=O) groups excluding carboxylic acids is 2. The molecule has 1 aliphatic carbocycles. The quantitative estimate of drug-likeness (QED) is 0.409. The summed E-state index contributed by atoms with van der Waals surface area (Å²) in [5.41, 5.74) is 7.10. The van der Waals surface area contributed by atoms with Crippen molar-refractivity contribution in [1.82, 2.24) is 10.3 Å². The summed E-state index contributed by atoms with van der Waals surface area (Å²) >= 11 is 6.02. The maximum Gasteiger partial charge on any atom is 0.230 e. The number of nitrogens with one attached hydrogen (secondary N) is 2. The molecule has 7 heteroatoms. The van der Waals surface area contributed by atoms with Gasteiger partial charge in [0.05, 0.1) is 5.41 Å². The van der Waals surface area contributed by atoms with E-state index in [2.05, 4.69) is 36.4 Å². The van der Waals surface area contributed by atoms with E-state index in [0.717, 1.165) is 30.5 Å². The van der Waals surface area contributed by atoms with Crippen LogP contribution >= 0.6 is 11.6 Å². The van der Waals surface area contributed by atoms with Gasteiger partial charge in [-0.2, -0.15) is 0 Å². The summed E-state index contributed by atoms with van der Waals surface area (Å²) < 4.78 is 0. The van der Waals surface area contributed by atoms with Crippen molar-refractivity contribution >= 4 is 29.1 Å². The molecule has 4 N–H and O–H groups in total. The monoisotopic (exact) mass is 512 g/mol. The van der Waals surface area contributed by atoms with E-state index in [4.69, 9.17) is 17.3 Å². The smallest absolute Gasteiger partial charge is 0.230 e. The average Bonchev–Trinajstić information content (AvgIpc) is 2.82. The fraction of sp³-hybridized carbons (Fsp3) is 0.552. The Hall–Kier alpha value is -2.44. The first kappa shape index (κ1) is 28.1. The maximum atomic E-state index is 13.4. The highest BCUT2D eigenvalue weighted by molar-refractivity contribution is 6.30. The fourth-order valence-corrected chi connectivity index (χ4v) is 5.69. The van der Waals surface area contributed by atoms with Gasteiger partial charge in [-0.15, -0.1) is 0 Å². The molecule has 196 valence electrons. The van der Waals surface area contributed by atoms with Crippen molar-refractivity contribution in [1.29, 1.82) is 0 Å². The molecule has 2 amide bonds. The van der Waals surface area contributed by atoms with Crippen molar-refractivity contribution in [3.8, 4) is 0 Å². The van der Waals surface area contributed by atoms with E-state index in [1.807, 2.05) is 26.0 Å². The molecule has 1 aromatic carbocycles. The van der Waals surface area contributed by atoms with Crippen LogP contribution in [-0.4, -0.2) is 29.4 Å². The zero-order chi connectivity index (χ0) is 26.5. The van der Waals surface area contributed by atoms with E-state index in [9.17, 15) is 9.59 Å². The van der Waals surface area contributed by atoms with Crippen LogP contribution in [0, 0.1) is 23.2 Å². The van der Waals surface area contributed by atoms with Crippen LogP contribution in [0.3, 0.4) is 0 Å². The number of hydrogen-bond donors (Lipinski definition) is 3. The summed E-state index contributed by atoms with van der Waals surface area (Å²) in [6.45, 7) is 10.7.